The van der Waals surface area contributed by atoms with E-state index in [9.17, 15) is 0 Å². The molecule has 0 saturated heterocycles. The van der Waals surface area contributed by atoms with E-state index < -0.39 is 0 Å². The Kier molecular flexibility index (Phi) is 1.67. The highest BCUT2D eigenvalue weighted by Crippen LogP contribution is 2.27. The van der Waals surface area contributed by atoms with Crippen molar-refractivity contribution >= 4 is 5.69 Å². The maximum Gasteiger partial charge on any atom is 0.256 e. The summed E-state index contributed by atoms with van der Waals surface area (Å²) in [6.07, 6.45) is 5.64. The molecular weight excluding hydrogens is 154 g/mol. The molecule has 0 atom stereocenters. The summed E-state index contributed by atoms with van der Waals surface area (Å²) in [7, 11) is 1.84. The second-order valence-electron chi connectivity index (χ2n) is 3.23. The zero-order chi connectivity index (χ0) is 8.55. The number of aryl methyl sites for hydroxylation is 1. The number of anilines is 1. The molecule has 4 nitrogen and oxygen atoms in total. The van der Waals surface area contributed by atoms with Crippen molar-refractivity contribution in [3.8, 4) is 5.88 Å². The first kappa shape index (κ1) is 7.46. The summed E-state index contributed by atoms with van der Waals surface area (Å²) in [5.41, 5.74) is 6.29. The van der Waals surface area contributed by atoms with Crippen molar-refractivity contribution in [3.63, 3.8) is 0 Å². The molecule has 1 saturated carbocycles. The van der Waals surface area contributed by atoms with Crippen LogP contribution in [0.25, 0.3) is 0 Å². The Morgan fingerprint density at radius 3 is 2.83 bits per heavy atom. The second kappa shape index (κ2) is 2.69. The van der Waals surface area contributed by atoms with Gasteiger partial charge in [-0.25, -0.2) is 0 Å². The standard InChI is InChI=1S/C8H13N3O/c1-11-5-7(9)8(10-11)12-6-3-2-4-6/h5-6H,2-4,9H2,1H3. The fourth-order valence-electron chi connectivity index (χ4n) is 1.22. The van der Waals surface area contributed by atoms with Crippen molar-refractivity contribution in [3.05, 3.63) is 6.20 Å². The molecule has 1 fully saturated rings. The van der Waals surface area contributed by atoms with Crippen molar-refractivity contribution in [2.24, 2.45) is 7.05 Å². The maximum absolute atomic E-state index is 5.66. The van der Waals surface area contributed by atoms with Crippen LogP contribution in [0.1, 0.15) is 19.3 Å². The molecule has 1 aliphatic carbocycles. The normalized spacial score (nSPS) is 17.4. The molecule has 66 valence electrons. The summed E-state index contributed by atoms with van der Waals surface area (Å²) in [5.74, 6) is 0.585. The molecule has 0 unspecified atom stereocenters. The van der Waals surface area contributed by atoms with Gasteiger partial charge in [-0.1, -0.05) is 0 Å². The molecule has 4 heteroatoms. The predicted octanol–water partition coefficient (Wildman–Crippen LogP) is 0.934. The Morgan fingerprint density at radius 2 is 2.42 bits per heavy atom. The van der Waals surface area contributed by atoms with Gasteiger partial charge in [-0.3, -0.25) is 4.68 Å². The van der Waals surface area contributed by atoms with Gasteiger partial charge in [-0.2, -0.15) is 0 Å². The van der Waals surface area contributed by atoms with Gasteiger partial charge in [-0.15, -0.1) is 5.10 Å². The van der Waals surface area contributed by atoms with Gasteiger partial charge < -0.3 is 10.5 Å². The van der Waals surface area contributed by atoms with E-state index >= 15 is 0 Å². The lowest BCUT2D eigenvalue weighted by Crippen LogP contribution is -2.25. The number of nitrogens with zero attached hydrogens (tertiary/aromatic N) is 2. The van der Waals surface area contributed by atoms with Crippen molar-refractivity contribution < 1.29 is 4.74 Å². The van der Waals surface area contributed by atoms with Gasteiger partial charge in [0.15, 0.2) is 0 Å². The molecule has 0 aliphatic heterocycles. The van der Waals surface area contributed by atoms with Crippen molar-refractivity contribution in [1.29, 1.82) is 0 Å². The molecule has 1 aromatic heterocycles. The van der Waals surface area contributed by atoms with Gasteiger partial charge in [0.25, 0.3) is 5.88 Å². The zero-order valence-corrected chi connectivity index (χ0v) is 7.16. The zero-order valence-electron chi connectivity index (χ0n) is 7.16. The molecule has 0 spiro atoms. The summed E-state index contributed by atoms with van der Waals surface area (Å²) in [4.78, 5) is 0. The molecule has 1 aliphatic rings. The monoisotopic (exact) mass is 167 g/mol. The van der Waals surface area contributed by atoms with Gasteiger partial charge in [0, 0.05) is 7.05 Å². The van der Waals surface area contributed by atoms with Crippen LogP contribution in [0, 0.1) is 0 Å². The molecule has 1 heterocycles. The highest BCUT2D eigenvalue weighted by atomic mass is 16.5. The van der Waals surface area contributed by atoms with Crippen LogP contribution in [0.3, 0.4) is 0 Å². The quantitative estimate of drug-likeness (QED) is 0.713. The lowest BCUT2D eigenvalue weighted by Gasteiger charge is -2.25. The number of nitrogens with two attached hydrogens (primary N) is 1. The number of ether oxygens (including phenoxy) is 1. The molecule has 0 amide bonds. The third kappa shape index (κ3) is 1.24. The van der Waals surface area contributed by atoms with Gasteiger partial charge in [0.2, 0.25) is 0 Å². The van der Waals surface area contributed by atoms with E-state index in [1.165, 1.54) is 6.42 Å². The van der Waals surface area contributed by atoms with Crippen molar-refractivity contribution in [2.75, 3.05) is 5.73 Å². The van der Waals surface area contributed by atoms with Crippen LogP contribution in [0.2, 0.25) is 0 Å². The topological polar surface area (TPSA) is 53.1 Å². The third-order valence-corrected chi connectivity index (χ3v) is 2.15. The number of nitrogen functional groups attached to an aromatic ring is 1. The Hall–Kier alpha value is -1.19. The third-order valence-electron chi connectivity index (χ3n) is 2.15. The summed E-state index contributed by atoms with van der Waals surface area (Å²) in [6.45, 7) is 0. The number of aromatic nitrogens is 2. The summed E-state index contributed by atoms with van der Waals surface area (Å²) in [6, 6.07) is 0. The SMILES string of the molecule is Cn1cc(N)c(OC2CCC2)n1. The number of hydrogen-bond donors (Lipinski definition) is 1. The van der Waals surface area contributed by atoms with Crippen LogP contribution in [-0.2, 0) is 7.05 Å². The van der Waals surface area contributed by atoms with Crippen LogP contribution < -0.4 is 10.5 Å². The minimum Gasteiger partial charge on any atom is -0.472 e. The van der Waals surface area contributed by atoms with E-state index in [0.717, 1.165) is 12.8 Å². The van der Waals surface area contributed by atoms with Gasteiger partial charge in [-0.05, 0) is 19.3 Å². The first-order valence-corrected chi connectivity index (χ1v) is 4.21. The van der Waals surface area contributed by atoms with Gasteiger partial charge >= 0.3 is 0 Å². The highest BCUT2D eigenvalue weighted by Gasteiger charge is 2.21. The molecule has 2 rings (SSSR count). The van der Waals surface area contributed by atoms with Crippen LogP contribution in [0.4, 0.5) is 5.69 Å². The smallest absolute Gasteiger partial charge is 0.256 e. The van der Waals surface area contributed by atoms with Crippen LogP contribution in [-0.4, -0.2) is 15.9 Å². The Balaban J connectivity index is 2.05. The van der Waals surface area contributed by atoms with Gasteiger partial charge in [0.05, 0.1) is 6.20 Å². The number of rotatable bonds is 2. The fraction of sp³-hybridized carbons (Fsp3) is 0.625. The van der Waals surface area contributed by atoms with E-state index in [4.69, 9.17) is 10.5 Å². The molecule has 1 aromatic rings. The van der Waals surface area contributed by atoms with Crippen LogP contribution >= 0.6 is 0 Å². The second-order valence-corrected chi connectivity index (χ2v) is 3.23. The molecule has 0 bridgehead atoms. The van der Waals surface area contributed by atoms with E-state index in [0.29, 0.717) is 17.7 Å². The fourth-order valence-corrected chi connectivity index (χ4v) is 1.22. The Bertz CT molecular complexity index is 278. The van der Waals surface area contributed by atoms with E-state index in [-0.39, 0.29) is 0 Å². The molecule has 2 N–H and O–H groups in total. The molecule has 0 radical (unpaired) electrons. The van der Waals surface area contributed by atoms with Crippen molar-refractivity contribution in [1.82, 2.24) is 9.78 Å². The largest absolute Gasteiger partial charge is 0.472 e. The Labute approximate surface area is 71.3 Å². The van der Waals surface area contributed by atoms with E-state index in [1.54, 1.807) is 10.9 Å². The van der Waals surface area contributed by atoms with Crippen LogP contribution in [0.5, 0.6) is 5.88 Å². The maximum atomic E-state index is 5.66. The predicted molar refractivity (Wildman–Crippen MR) is 45.9 cm³/mol. The van der Waals surface area contributed by atoms with E-state index in [2.05, 4.69) is 5.10 Å². The highest BCUT2D eigenvalue weighted by molar-refractivity contribution is 5.45. The minimum atomic E-state index is 0.349. The first-order chi connectivity index (χ1) is 5.75. The number of hydrogen-bond acceptors (Lipinski definition) is 3. The average molecular weight is 167 g/mol. The molecular formula is C8H13N3O. The first-order valence-electron chi connectivity index (χ1n) is 4.21. The lowest BCUT2D eigenvalue weighted by atomic mass is 9.96. The molecule has 0 aromatic carbocycles. The molecule has 12 heavy (non-hydrogen) atoms. The Morgan fingerprint density at radius 1 is 1.67 bits per heavy atom. The minimum absolute atomic E-state index is 0.349. The van der Waals surface area contributed by atoms with Crippen molar-refractivity contribution in [2.45, 2.75) is 25.4 Å². The van der Waals surface area contributed by atoms with E-state index in [1.807, 2.05) is 7.05 Å². The lowest BCUT2D eigenvalue weighted by molar-refractivity contribution is 0.114. The summed E-state index contributed by atoms with van der Waals surface area (Å²) < 4.78 is 7.21. The average Bonchev–Trinajstić information content (AvgIpc) is 2.21. The summed E-state index contributed by atoms with van der Waals surface area (Å²) >= 11 is 0. The van der Waals surface area contributed by atoms with Crippen LogP contribution in [0.15, 0.2) is 6.20 Å². The summed E-state index contributed by atoms with van der Waals surface area (Å²) in [5, 5.41) is 4.10. The van der Waals surface area contributed by atoms with Gasteiger partial charge in [0.1, 0.15) is 11.8 Å².